The lowest BCUT2D eigenvalue weighted by Gasteiger charge is -2.48. The molecule has 1 aliphatic carbocycles. The van der Waals surface area contributed by atoms with Crippen molar-refractivity contribution in [2.24, 2.45) is 11.3 Å². The normalized spacial score (nSPS) is 32.2. The zero-order valence-electron chi connectivity index (χ0n) is 17.2. The first-order valence-corrected chi connectivity index (χ1v) is 9.81. The minimum atomic E-state index is 0.428. The summed E-state index contributed by atoms with van der Waals surface area (Å²) in [4.78, 5) is 0. The van der Waals surface area contributed by atoms with Crippen molar-refractivity contribution < 1.29 is 0 Å². The maximum absolute atomic E-state index is 2.59. The Morgan fingerprint density at radius 1 is 0.864 bits per heavy atom. The minimum absolute atomic E-state index is 0.428. The Morgan fingerprint density at radius 3 is 1.82 bits per heavy atom. The van der Waals surface area contributed by atoms with Crippen LogP contribution in [-0.4, -0.2) is 15.1 Å². The Labute approximate surface area is 143 Å². The van der Waals surface area contributed by atoms with Gasteiger partial charge in [-0.25, -0.2) is 0 Å². The van der Waals surface area contributed by atoms with E-state index in [1.54, 1.807) is 0 Å². The first-order chi connectivity index (χ1) is 9.81. The molecule has 0 heterocycles. The van der Waals surface area contributed by atoms with Crippen LogP contribution in [0.4, 0.5) is 0 Å². The fourth-order valence-corrected chi connectivity index (χ4v) is 4.97. The zero-order chi connectivity index (χ0) is 17.2. The Bertz CT molecular complexity index is 353. The summed E-state index contributed by atoms with van der Waals surface area (Å²) in [6, 6.07) is 0. The van der Waals surface area contributed by atoms with E-state index in [1.807, 2.05) is 0 Å². The largest absolute Gasteiger partial charge is 0.133 e. The van der Waals surface area contributed by atoms with Crippen molar-refractivity contribution in [3.63, 3.8) is 0 Å². The topological polar surface area (TPSA) is 0 Å². The van der Waals surface area contributed by atoms with Gasteiger partial charge < -0.3 is 0 Å². The molecule has 2 atom stereocenters. The molecular weight excluding hydrogens is 262 g/mol. The van der Waals surface area contributed by atoms with E-state index in [1.165, 1.54) is 52.2 Å². The summed E-state index contributed by atoms with van der Waals surface area (Å²) in [5.74, 6) is 0.819. The highest BCUT2D eigenvalue weighted by molar-refractivity contribution is 6.46. The van der Waals surface area contributed by atoms with Gasteiger partial charge in [0.05, 0.1) is 0 Å². The van der Waals surface area contributed by atoms with Crippen LogP contribution >= 0.6 is 0 Å². The Balaban J connectivity index is 2.87. The van der Waals surface area contributed by atoms with Crippen LogP contribution in [0.1, 0.15) is 100 Å². The molecule has 1 fully saturated rings. The molecule has 0 spiro atoms. The van der Waals surface area contributed by atoms with Gasteiger partial charge in [-0.05, 0) is 24.2 Å². The molecule has 0 nitrogen and oxygen atoms in total. The zero-order valence-corrected chi connectivity index (χ0v) is 17.2. The Hall–Kier alpha value is 0.130. The molecule has 128 valence electrons. The monoisotopic (exact) mass is 304 g/mol. The molecule has 0 aromatic rings. The lowest BCUT2D eigenvalue weighted by molar-refractivity contribution is 0.172. The molecule has 0 radical (unpaired) electrons. The van der Waals surface area contributed by atoms with Crippen LogP contribution in [0.25, 0.3) is 0 Å². The van der Waals surface area contributed by atoms with Crippen molar-refractivity contribution in [1.82, 2.24) is 0 Å². The molecule has 0 amide bonds. The summed E-state index contributed by atoms with van der Waals surface area (Å²) < 4.78 is 0. The first-order valence-electron chi connectivity index (χ1n) is 9.81. The summed E-state index contributed by atoms with van der Waals surface area (Å²) in [7, 11) is 3.93. The molecule has 1 aliphatic rings. The summed E-state index contributed by atoms with van der Waals surface area (Å²) in [5.41, 5.74) is 0.569. The summed E-state index contributed by atoms with van der Waals surface area (Å²) in [6.07, 6.45) is 9.95. The van der Waals surface area contributed by atoms with Gasteiger partial charge in [0.1, 0.15) is 15.1 Å². The van der Waals surface area contributed by atoms with Gasteiger partial charge in [-0.15, -0.1) is 0 Å². The number of hydrogen-bond donors (Lipinski definition) is 0. The predicted octanol–water partition coefficient (Wildman–Crippen LogP) is 6.04. The maximum atomic E-state index is 2.59. The van der Waals surface area contributed by atoms with Crippen LogP contribution in [-0.2, 0) is 0 Å². The summed E-state index contributed by atoms with van der Waals surface area (Å²) in [6.45, 7) is 19.7. The van der Waals surface area contributed by atoms with Gasteiger partial charge in [0.2, 0.25) is 0 Å². The van der Waals surface area contributed by atoms with E-state index >= 15 is 0 Å². The third-order valence-electron chi connectivity index (χ3n) is 7.20. The molecule has 0 aromatic carbocycles. The van der Waals surface area contributed by atoms with Crippen molar-refractivity contribution in [2.75, 3.05) is 0 Å². The number of hydrogen-bond acceptors (Lipinski definition) is 0. The van der Waals surface area contributed by atoms with E-state index in [0.29, 0.717) is 21.4 Å². The Kier molecular flexibility index (Phi) is 6.36. The molecule has 0 aliphatic heterocycles. The van der Waals surface area contributed by atoms with Gasteiger partial charge in [-0.3, -0.25) is 0 Å². The number of rotatable bonds is 3. The third kappa shape index (κ3) is 5.07. The SMILES string of the molecule is BC1(C(C)(C)BC(C)(C)C)CCCCC(C)(C(C)C)CCC1. The van der Waals surface area contributed by atoms with Crippen LogP contribution in [0.15, 0.2) is 0 Å². The highest BCUT2D eigenvalue weighted by Crippen LogP contribution is 2.59. The average molecular weight is 304 g/mol. The first kappa shape index (κ1) is 20.2. The van der Waals surface area contributed by atoms with E-state index in [2.05, 4.69) is 63.2 Å². The van der Waals surface area contributed by atoms with Crippen molar-refractivity contribution >= 4 is 15.1 Å². The van der Waals surface area contributed by atoms with Crippen molar-refractivity contribution in [1.29, 1.82) is 0 Å². The van der Waals surface area contributed by atoms with E-state index < -0.39 is 0 Å². The van der Waals surface area contributed by atoms with Gasteiger partial charge in [0, 0.05) is 0 Å². The molecule has 0 saturated heterocycles. The molecule has 2 unspecified atom stereocenters. The third-order valence-corrected chi connectivity index (χ3v) is 7.20. The maximum Gasteiger partial charge on any atom is 0.133 e. The summed E-state index contributed by atoms with van der Waals surface area (Å²) in [5, 5.41) is 1.36. The van der Waals surface area contributed by atoms with Crippen LogP contribution in [0.3, 0.4) is 0 Å². The fourth-order valence-electron chi connectivity index (χ4n) is 4.97. The molecule has 2 heteroatoms. The van der Waals surface area contributed by atoms with E-state index in [9.17, 15) is 0 Å². The highest BCUT2D eigenvalue weighted by Gasteiger charge is 2.43. The second kappa shape index (κ2) is 6.94. The summed E-state index contributed by atoms with van der Waals surface area (Å²) >= 11 is 0. The molecule has 0 N–H and O–H groups in total. The fraction of sp³-hybridized carbons (Fsp3) is 1.00. The lowest BCUT2D eigenvalue weighted by atomic mass is 9.30. The molecular formula is C20H42B2. The lowest BCUT2D eigenvalue weighted by Crippen LogP contribution is -2.35. The van der Waals surface area contributed by atoms with Crippen LogP contribution in [0, 0.1) is 11.3 Å². The standard InChI is InChI=1S/C20H42B2/c1-16(2)19(8)12-9-10-14-20(21,15-11-13-19)18(6,7)22-17(3,4)5/h16,22H,9-15,21H2,1-8H3. The van der Waals surface area contributed by atoms with Crippen molar-refractivity contribution in [3.8, 4) is 0 Å². The van der Waals surface area contributed by atoms with Gasteiger partial charge in [0.25, 0.3) is 0 Å². The van der Waals surface area contributed by atoms with Crippen molar-refractivity contribution in [2.45, 2.75) is 116 Å². The molecule has 22 heavy (non-hydrogen) atoms. The van der Waals surface area contributed by atoms with E-state index in [0.717, 1.165) is 5.92 Å². The van der Waals surface area contributed by atoms with Gasteiger partial charge in [0.15, 0.2) is 0 Å². The van der Waals surface area contributed by atoms with Gasteiger partial charge >= 0.3 is 0 Å². The second-order valence-corrected chi connectivity index (χ2v) is 11.1. The molecule has 1 rings (SSSR count). The molecule has 0 bridgehead atoms. The molecule has 0 aromatic heterocycles. The highest BCUT2D eigenvalue weighted by atomic mass is 14.4. The Morgan fingerprint density at radius 2 is 1.32 bits per heavy atom. The van der Waals surface area contributed by atoms with Crippen molar-refractivity contribution in [3.05, 3.63) is 0 Å². The van der Waals surface area contributed by atoms with Crippen LogP contribution in [0.2, 0.25) is 15.9 Å². The van der Waals surface area contributed by atoms with E-state index in [4.69, 9.17) is 0 Å². The molecule has 1 saturated carbocycles. The minimum Gasteiger partial charge on any atom is -0.0671 e. The van der Waals surface area contributed by atoms with E-state index in [-0.39, 0.29) is 0 Å². The van der Waals surface area contributed by atoms with Crippen LogP contribution < -0.4 is 0 Å². The van der Waals surface area contributed by atoms with Gasteiger partial charge in [-0.2, -0.15) is 0 Å². The van der Waals surface area contributed by atoms with Crippen LogP contribution in [0.5, 0.6) is 0 Å². The smallest absolute Gasteiger partial charge is 0.0671 e. The quantitative estimate of drug-likeness (QED) is 0.558. The average Bonchev–Trinajstić information content (AvgIpc) is 2.38. The van der Waals surface area contributed by atoms with Gasteiger partial charge in [-0.1, -0.05) is 103 Å². The second-order valence-electron chi connectivity index (χ2n) is 11.1. The predicted molar refractivity (Wildman–Crippen MR) is 107 cm³/mol.